The number of likely N-dealkylation sites (N-methyl/N-ethyl adjacent to an activating group) is 1. The van der Waals surface area contributed by atoms with E-state index in [-0.39, 0.29) is 19.0 Å². The van der Waals surface area contributed by atoms with E-state index in [1.54, 1.807) is 31.1 Å². The van der Waals surface area contributed by atoms with E-state index < -0.39 is 57.9 Å². The highest BCUT2D eigenvalue weighted by Gasteiger charge is 2.54. The zero-order chi connectivity index (χ0) is 25.7. The molecule has 0 radical (unpaired) electrons. The molecule has 2 amide bonds. The molecule has 4 rings (SSSR count). The summed E-state index contributed by atoms with van der Waals surface area (Å²) < 4.78 is 40.4. The Morgan fingerprint density at radius 3 is 2.63 bits per heavy atom. The number of carbonyl (C=O) groups is 2. The smallest absolute Gasteiger partial charge is 0.248 e. The van der Waals surface area contributed by atoms with Gasteiger partial charge < -0.3 is 25.6 Å². The van der Waals surface area contributed by atoms with Gasteiger partial charge in [-0.15, -0.1) is 0 Å². The molecule has 0 bridgehead atoms. The number of halogens is 1. The Morgan fingerprint density at radius 2 is 2.00 bits per heavy atom. The largest absolute Gasteiger partial charge is 0.391 e. The minimum Gasteiger partial charge on any atom is -0.391 e. The van der Waals surface area contributed by atoms with Gasteiger partial charge in [0.1, 0.15) is 11.9 Å². The van der Waals surface area contributed by atoms with Gasteiger partial charge in [-0.2, -0.15) is 4.31 Å². The van der Waals surface area contributed by atoms with E-state index in [9.17, 15) is 27.5 Å². The van der Waals surface area contributed by atoms with Crippen molar-refractivity contribution in [3.63, 3.8) is 0 Å². The van der Waals surface area contributed by atoms with Crippen molar-refractivity contribution in [2.24, 2.45) is 0 Å². The van der Waals surface area contributed by atoms with Crippen LogP contribution in [0.4, 0.5) is 4.39 Å². The lowest BCUT2D eigenvalue weighted by Crippen LogP contribution is -2.58. The molecule has 2 fully saturated rings. The Bertz CT molecular complexity index is 1230. The maximum atomic E-state index is 13.8. The monoisotopic (exact) mass is 509 g/mol. The predicted octanol–water partition coefficient (Wildman–Crippen LogP) is 0.109. The summed E-state index contributed by atoms with van der Waals surface area (Å²) in [5.74, 6) is -1.66. The number of likely N-dealkylation sites (tertiary alicyclic amines) is 1. The highest BCUT2D eigenvalue weighted by atomic mass is 32.2. The average molecular weight is 510 g/mol. The van der Waals surface area contributed by atoms with Crippen LogP contribution in [0.3, 0.4) is 0 Å². The number of H-pyrrole nitrogens is 1. The number of nitrogens with one attached hydrogen (secondary N) is 3. The number of nitrogens with zero attached hydrogens (tertiary/aromatic N) is 2. The molecule has 1 aromatic heterocycles. The van der Waals surface area contributed by atoms with Gasteiger partial charge in [0.25, 0.3) is 0 Å². The van der Waals surface area contributed by atoms with Crippen LogP contribution in [-0.2, 0) is 19.6 Å². The van der Waals surface area contributed by atoms with E-state index in [1.165, 1.54) is 23.4 Å². The van der Waals surface area contributed by atoms with Crippen molar-refractivity contribution in [1.29, 1.82) is 0 Å². The number of amides is 2. The van der Waals surface area contributed by atoms with Crippen molar-refractivity contribution in [2.75, 3.05) is 26.4 Å². The van der Waals surface area contributed by atoms with Crippen LogP contribution in [0.25, 0.3) is 10.9 Å². The minimum absolute atomic E-state index is 0.171. The first-order valence-electron chi connectivity index (χ1n) is 11.6. The number of rotatable bonds is 7. The number of aromatic nitrogens is 1. The second kappa shape index (κ2) is 9.49. The summed E-state index contributed by atoms with van der Waals surface area (Å²) in [6, 6.07) is 1.68. The molecule has 2 saturated heterocycles. The quantitative estimate of drug-likeness (QED) is 0.419. The molecule has 3 heterocycles. The Hall–Kier alpha value is -2.54. The fourth-order valence-electron chi connectivity index (χ4n) is 5.36. The standard InChI is InChI=1S/C23H32FN5O5S/c1-12(25-3)22(31)27-20(13(2)30)23(32)28-8-7-19-21(28)17(11-29(19)35(4,33)34)16-10-26-18-9-14(24)5-6-15(16)18/h5-6,9-10,12-13,17,19-21,25-26,30H,7-8,11H2,1-4H3,(H,27,31). The van der Waals surface area contributed by atoms with Crippen LogP contribution in [-0.4, -0.2) is 96.2 Å². The number of hydrogen-bond acceptors (Lipinski definition) is 6. The van der Waals surface area contributed by atoms with Gasteiger partial charge in [-0.25, -0.2) is 12.8 Å². The van der Waals surface area contributed by atoms with Gasteiger partial charge in [-0.05, 0) is 51.1 Å². The Kier molecular flexibility index (Phi) is 6.93. The summed E-state index contributed by atoms with van der Waals surface area (Å²) >= 11 is 0. The zero-order valence-corrected chi connectivity index (χ0v) is 21.0. The summed E-state index contributed by atoms with van der Waals surface area (Å²) in [5, 5.41) is 16.5. The van der Waals surface area contributed by atoms with Crippen molar-refractivity contribution in [3.05, 3.63) is 35.8 Å². The average Bonchev–Trinajstić information content (AvgIpc) is 3.49. The van der Waals surface area contributed by atoms with Gasteiger partial charge in [0.15, 0.2) is 0 Å². The number of sulfonamides is 1. The molecule has 6 atom stereocenters. The van der Waals surface area contributed by atoms with E-state index in [4.69, 9.17) is 0 Å². The summed E-state index contributed by atoms with van der Waals surface area (Å²) in [5.41, 5.74) is 1.38. The lowest BCUT2D eigenvalue weighted by atomic mass is 9.91. The summed E-state index contributed by atoms with van der Waals surface area (Å²) in [7, 11) is -1.95. The lowest BCUT2D eigenvalue weighted by molar-refractivity contribution is -0.140. The molecule has 2 aliphatic rings. The van der Waals surface area contributed by atoms with Crippen LogP contribution >= 0.6 is 0 Å². The second-order valence-corrected chi connectivity index (χ2v) is 11.4. The van der Waals surface area contributed by atoms with Crippen LogP contribution in [0, 0.1) is 5.82 Å². The van der Waals surface area contributed by atoms with Crippen molar-refractivity contribution < 1.29 is 27.5 Å². The normalized spacial score (nSPS) is 25.4. The predicted molar refractivity (Wildman–Crippen MR) is 129 cm³/mol. The molecule has 1 aromatic carbocycles. The number of aromatic amines is 1. The Morgan fingerprint density at radius 1 is 1.29 bits per heavy atom. The molecular weight excluding hydrogens is 477 g/mol. The van der Waals surface area contributed by atoms with Gasteiger partial charge in [0.2, 0.25) is 21.8 Å². The maximum Gasteiger partial charge on any atom is 0.248 e. The third kappa shape index (κ3) is 4.67. The highest BCUT2D eigenvalue weighted by molar-refractivity contribution is 7.88. The molecule has 4 N–H and O–H groups in total. The van der Waals surface area contributed by atoms with Crippen LogP contribution in [0.15, 0.2) is 24.4 Å². The van der Waals surface area contributed by atoms with Gasteiger partial charge in [-0.1, -0.05) is 0 Å². The number of benzene rings is 1. The maximum absolute atomic E-state index is 13.8. The molecule has 35 heavy (non-hydrogen) atoms. The van der Waals surface area contributed by atoms with Crippen LogP contribution in [0.1, 0.15) is 31.7 Å². The third-order valence-electron chi connectivity index (χ3n) is 7.24. The number of hydrogen-bond donors (Lipinski definition) is 4. The van der Waals surface area contributed by atoms with Gasteiger partial charge >= 0.3 is 0 Å². The summed E-state index contributed by atoms with van der Waals surface area (Å²) in [6.45, 7) is 3.53. The topological polar surface area (TPSA) is 135 Å². The van der Waals surface area contributed by atoms with E-state index in [1.807, 2.05) is 0 Å². The molecule has 12 heteroatoms. The number of aliphatic hydroxyl groups is 1. The van der Waals surface area contributed by atoms with E-state index in [0.29, 0.717) is 11.9 Å². The fourth-order valence-corrected chi connectivity index (χ4v) is 6.51. The summed E-state index contributed by atoms with van der Waals surface area (Å²) in [6.07, 6.45) is 2.17. The van der Waals surface area contributed by atoms with Crippen molar-refractivity contribution in [1.82, 2.24) is 24.8 Å². The first kappa shape index (κ1) is 25.5. The highest BCUT2D eigenvalue weighted by Crippen LogP contribution is 2.44. The Balaban J connectivity index is 1.71. The van der Waals surface area contributed by atoms with Crippen LogP contribution in [0.2, 0.25) is 0 Å². The molecule has 0 spiro atoms. The van der Waals surface area contributed by atoms with Crippen LogP contribution < -0.4 is 10.6 Å². The number of carbonyl (C=O) groups excluding carboxylic acids is 2. The van der Waals surface area contributed by atoms with E-state index in [2.05, 4.69) is 15.6 Å². The van der Waals surface area contributed by atoms with Crippen molar-refractivity contribution >= 4 is 32.7 Å². The van der Waals surface area contributed by atoms with Gasteiger partial charge in [0, 0.05) is 42.1 Å². The SMILES string of the molecule is CNC(C)C(=O)NC(C(=O)N1CCC2C1C(c1c[nH]c3cc(F)ccc13)CN2S(C)(=O)=O)C(C)O. The first-order valence-corrected chi connectivity index (χ1v) is 13.5. The second-order valence-electron chi connectivity index (χ2n) is 9.49. The lowest BCUT2D eigenvalue weighted by Gasteiger charge is -2.33. The molecule has 6 unspecified atom stereocenters. The number of fused-ring (bicyclic) bond motifs is 2. The van der Waals surface area contributed by atoms with Crippen molar-refractivity contribution in [2.45, 2.75) is 56.5 Å². The Labute approximate surface area is 203 Å². The molecule has 0 saturated carbocycles. The molecule has 10 nitrogen and oxygen atoms in total. The third-order valence-corrected chi connectivity index (χ3v) is 8.51. The van der Waals surface area contributed by atoms with Gasteiger partial charge in [0.05, 0.1) is 24.4 Å². The molecular formula is C23H32FN5O5S. The zero-order valence-electron chi connectivity index (χ0n) is 20.2. The van der Waals surface area contributed by atoms with Gasteiger partial charge in [-0.3, -0.25) is 9.59 Å². The van der Waals surface area contributed by atoms with Crippen LogP contribution in [0.5, 0.6) is 0 Å². The fraction of sp³-hybridized carbons (Fsp3) is 0.565. The molecule has 2 aromatic rings. The van der Waals surface area contributed by atoms with Crippen molar-refractivity contribution in [3.8, 4) is 0 Å². The number of aliphatic hydroxyl groups excluding tert-OH is 1. The first-order chi connectivity index (χ1) is 16.4. The molecule has 2 aliphatic heterocycles. The summed E-state index contributed by atoms with van der Waals surface area (Å²) in [4.78, 5) is 30.8. The molecule has 192 valence electrons. The minimum atomic E-state index is -3.56. The molecule has 0 aliphatic carbocycles. The van der Waals surface area contributed by atoms with E-state index >= 15 is 0 Å². The van der Waals surface area contributed by atoms with E-state index in [0.717, 1.165) is 17.2 Å².